The van der Waals surface area contributed by atoms with Crippen molar-refractivity contribution in [2.24, 2.45) is 0 Å². The Morgan fingerprint density at radius 2 is 1.77 bits per heavy atom. The molecule has 2 heterocycles. The standard InChI is InChI=1S/C26H28N6O3/c1-16(2)25(33)28-12-13-35-26(34)29-14-18-8-10-19(11-9-18)15-32-17(3)30-22-23(32)20-6-4-5-7-21(20)31-24(22)27/h4-11H,1,12-15H2,2-3H3,(H2,27,31)(H,28,33)(H,29,34). The number of nitrogens with one attached hydrogen (secondary N) is 2. The number of alkyl carbamates (subject to hydrolysis) is 1. The van der Waals surface area contributed by atoms with E-state index in [9.17, 15) is 9.59 Å². The van der Waals surface area contributed by atoms with Crippen molar-refractivity contribution in [1.82, 2.24) is 25.2 Å². The van der Waals surface area contributed by atoms with Crippen LogP contribution in [0.1, 0.15) is 23.9 Å². The zero-order valence-electron chi connectivity index (χ0n) is 19.8. The highest BCUT2D eigenvalue weighted by molar-refractivity contribution is 6.06. The molecule has 4 rings (SSSR count). The Morgan fingerprint density at radius 1 is 1.06 bits per heavy atom. The van der Waals surface area contributed by atoms with Gasteiger partial charge in [0.15, 0.2) is 5.82 Å². The van der Waals surface area contributed by atoms with Crippen LogP contribution in [0.2, 0.25) is 0 Å². The van der Waals surface area contributed by atoms with E-state index in [1.807, 2.05) is 55.5 Å². The fourth-order valence-corrected chi connectivity index (χ4v) is 3.79. The minimum Gasteiger partial charge on any atom is -0.448 e. The summed E-state index contributed by atoms with van der Waals surface area (Å²) >= 11 is 0. The number of hydrogen-bond donors (Lipinski definition) is 3. The number of fused-ring (bicyclic) bond motifs is 3. The number of benzene rings is 2. The number of pyridine rings is 1. The number of carbonyl (C=O) groups is 2. The largest absolute Gasteiger partial charge is 0.448 e. The third kappa shape index (κ3) is 5.40. The molecule has 0 fully saturated rings. The topological polar surface area (TPSA) is 124 Å². The Labute approximate surface area is 203 Å². The zero-order chi connectivity index (χ0) is 24.9. The fraction of sp³-hybridized carbons (Fsp3) is 0.231. The van der Waals surface area contributed by atoms with Crippen LogP contribution in [-0.2, 0) is 22.6 Å². The molecule has 0 saturated carbocycles. The van der Waals surface area contributed by atoms with Crippen LogP contribution in [-0.4, -0.2) is 39.7 Å². The molecule has 0 aliphatic carbocycles. The first-order valence-electron chi connectivity index (χ1n) is 11.3. The maximum Gasteiger partial charge on any atom is 0.407 e. The number of nitrogen functional groups attached to an aromatic ring is 1. The molecule has 0 aliphatic heterocycles. The number of aromatic nitrogens is 3. The Balaban J connectivity index is 1.38. The van der Waals surface area contributed by atoms with Gasteiger partial charge in [-0.25, -0.2) is 14.8 Å². The van der Waals surface area contributed by atoms with E-state index in [4.69, 9.17) is 10.5 Å². The number of para-hydroxylation sites is 1. The van der Waals surface area contributed by atoms with Gasteiger partial charge in [0.2, 0.25) is 5.91 Å². The molecule has 2 aromatic heterocycles. The molecule has 2 aromatic carbocycles. The summed E-state index contributed by atoms with van der Waals surface area (Å²) in [7, 11) is 0. The molecule has 35 heavy (non-hydrogen) atoms. The van der Waals surface area contributed by atoms with E-state index in [-0.39, 0.29) is 19.1 Å². The minimum atomic E-state index is -0.544. The van der Waals surface area contributed by atoms with Crippen molar-refractivity contribution in [2.45, 2.75) is 26.9 Å². The van der Waals surface area contributed by atoms with Crippen LogP contribution in [0.15, 0.2) is 60.7 Å². The van der Waals surface area contributed by atoms with Crippen LogP contribution in [0.4, 0.5) is 10.6 Å². The quantitative estimate of drug-likeness (QED) is 0.267. The lowest BCUT2D eigenvalue weighted by molar-refractivity contribution is -0.117. The number of anilines is 1. The van der Waals surface area contributed by atoms with Gasteiger partial charge in [-0.3, -0.25) is 4.79 Å². The lowest BCUT2D eigenvalue weighted by Crippen LogP contribution is -2.31. The van der Waals surface area contributed by atoms with E-state index in [0.717, 1.165) is 33.4 Å². The van der Waals surface area contributed by atoms with Gasteiger partial charge in [0, 0.05) is 24.0 Å². The van der Waals surface area contributed by atoms with Crippen molar-refractivity contribution in [2.75, 3.05) is 18.9 Å². The summed E-state index contributed by atoms with van der Waals surface area (Å²) in [5, 5.41) is 6.32. The molecule has 0 spiro atoms. The monoisotopic (exact) mass is 472 g/mol. The number of nitrogens with zero attached hydrogens (tertiary/aromatic N) is 3. The second-order valence-electron chi connectivity index (χ2n) is 8.30. The van der Waals surface area contributed by atoms with Crippen molar-refractivity contribution >= 4 is 39.8 Å². The number of ether oxygens (including phenoxy) is 1. The van der Waals surface area contributed by atoms with Gasteiger partial charge in [0.1, 0.15) is 17.9 Å². The first-order chi connectivity index (χ1) is 16.8. The van der Waals surface area contributed by atoms with Crippen molar-refractivity contribution < 1.29 is 14.3 Å². The first kappa shape index (κ1) is 23.7. The van der Waals surface area contributed by atoms with Crippen LogP contribution in [0.5, 0.6) is 0 Å². The van der Waals surface area contributed by atoms with E-state index >= 15 is 0 Å². The number of rotatable bonds is 8. The van der Waals surface area contributed by atoms with Crippen LogP contribution in [0.25, 0.3) is 21.9 Å². The van der Waals surface area contributed by atoms with Crippen molar-refractivity contribution in [3.63, 3.8) is 0 Å². The number of amides is 2. The molecule has 0 atom stereocenters. The van der Waals surface area contributed by atoms with Gasteiger partial charge in [-0.1, -0.05) is 49.0 Å². The molecule has 4 N–H and O–H groups in total. The smallest absolute Gasteiger partial charge is 0.407 e. The molecule has 9 nitrogen and oxygen atoms in total. The normalized spacial score (nSPS) is 10.9. The predicted octanol–water partition coefficient (Wildman–Crippen LogP) is 3.44. The van der Waals surface area contributed by atoms with Crippen LogP contribution >= 0.6 is 0 Å². The molecule has 0 radical (unpaired) electrons. The summed E-state index contributed by atoms with van der Waals surface area (Å²) in [6.45, 7) is 8.39. The number of aryl methyl sites for hydroxylation is 1. The third-order valence-corrected chi connectivity index (χ3v) is 5.61. The first-order valence-corrected chi connectivity index (χ1v) is 11.3. The van der Waals surface area contributed by atoms with E-state index in [2.05, 4.69) is 31.7 Å². The summed E-state index contributed by atoms with van der Waals surface area (Å²) in [4.78, 5) is 32.4. The van der Waals surface area contributed by atoms with E-state index < -0.39 is 6.09 Å². The maximum atomic E-state index is 11.9. The van der Waals surface area contributed by atoms with Gasteiger partial charge in [-0.15, -0.1) is 0 Å². The fourth-order valence-electron chi connectivity index (χ4n) is 3.79. The van der Waals surface area contributed by atoms with Gasteiger partial charge in [0.25, 0.3) is 0 Å². The highest BCUT2D eigenvalue weighted by atomic mass is 16.5. The molecule has 180 valence electrons. The molecular weight excluding hydrogens is 444 g/mol. The molecular formula is C26H28N6O3. The Kier molecular flexibility index (Phi) is 6.96. The number of hydrogen-bond acceptors (Lipinski definition) is 6. The zero-order valence-corrected chi connectivity index (χ0v) is 19.8. The highest BCUT2D eigenvalue weighted by Gasteiger charge is 2.15. The van der Waals surface area contributed by atoms with Gasteiger partial charge in [0.05, 0.1) is 17.6 Å². The molecule has 4 aromatic rings. The lowest BCUT2D eigenvalue weighted by atomic mass is 10.1. The molecule has 0 saturated heterocycles. The van der Waals surface area contributed by atoms with Crippen molar-refractivity contribution in [3.8, 4) is 0 Å². The van der Waals surface area contributed by atoms with Crippen molar-refractivity contribution in [3.05, 3.63) is 77.6 Å². The number of nitrogens with two attached hydrogens (primary N) is 1. The van der Waals surface area contributed by atoms with Crippen LogP contribution < -0.4 is 16.4 Å². The average molecular weight is 473 g/mol. The van der Waals surface area contributed by atoms with Crippen molar-refractivity contribution in [1.29, 1.82) is 0 Å². The van der Waals surface area contributed by atoms with Gasteiger partial charge < -0.3 is 25.7 Å². The maximum absolute atomic E-state index is 11.9. The molecule has 0 bridgehead atoms. The summed E-state index contributed by atoms with van der Waals surface area (Å²) in [5.41, 5.74) is 11.1. The SMILES string of the molecule is C=C(C)C(=O)NCCOC(=O)NCc1ccc(Cn2c(C)nc3c(N)nc4ccccc4c32)cc1. The number of imidazole rings is 1. The van der Waals surface area contributed by atoms with E-state index in [1.54, 1.807) is 6.92 Å². The minimum absolute atomic E-state index is 0.0801. The lowest BCUT2D eigenvalue weighted by Gasteiger charge is -2.11. The number of carbonyl (C=O) groups excluding carboxylic acids is 2. The molecule has 0 aliphatic rings. The molecule has 2 amide bonds. The Bertz CT molecular complexity index is 1410. The Morgan fingerprint density at radius 3 is 2.51 bits per heavy atom. The summed E-state index contributed by atoms with van der Waals surface area (Å²) in [6, 6.07) is 15.9. The Hall–Kier alpha value is -4.40. The second kappa shape index (κ2) is 10.3. The van der Waals surface area contributed by atoms with Gasteiger partial charge in [-0.05, 0) is 31.0 Å². The van der Waals surface area contributed by atoms with Gasteiger partial charge in [-0.2, -0.15) is 0 Å². The average Bonchev–Trinajstić information content (AvgIpc) is 3.18. The summed E-state index contributed by atoms with van der Waals surface area (Å²) in [5.74, 6) is 1.02. The van der Waals surface area contributed by atoms with Crippen LogP contribution in [0, 0.1) is 6.92 Å². The van der Waals surface area contributed by atoms with E-state index in [0.29, 0.717) is 30.0 Å². The van der Waals surface area contributed by atoms with E-state index in [1.165, 1.54) is 0 Å². The molecule has 0 unspecified atom stereocenters. The van der Waals surface area contributed by atoms with Crippen LogP contribution in [0.3, 0.4) is 0 Å². The summed E-state index contributed by atoms with van der Waals surface area (Å²) < 4.78 is 7.21. The summed E-state index contributed by atoms with van der Waals surface area (Å²) in [6.07, 6.45) is -0.544. The third-order valence-electron chi connectivity index (χ3n) is 5.61. The second-order valence-corrected chi connectivity index (χ2v) is 8.30. The molecule has 9 heteroatoms. The van der Waals surface area contributed by atoms with Gasteiger partial charge >= 0.3 is 6.09 Å². The highest BCUT2D eigenvalue weighted by Crippen LogP contribution is 2.29. The predicted molar refractivity (Wildman–Crippen MR) is 136 cm³/mol.